The quantitative estimate of drug-likeness (QED) is 0.835. The Morgan fingerprint density at radius 3 is 2.89 bits per heavy atom. The Balaban J connectivity index is 2.33. The summed E-state index contributed by atoms with van der Waals surface area (Å²) < 4.78 is 11.5. The number of hydrogen-bond acceptors (Lipinski definition) is 4. The molecule has 1 aromatic rings. The van der Waals surface area contributed by atoms with Crippen molar-refractivity contribution in [3.63, 3.8) is 0 Å². The maximum atomic E-state index is 5.98. The average Bonchev–Trinajstić information content (AvgIpc) is 2.29. The van der Waals surface area contributed by atoms with Gasteiger partial charge < -0.3 is 14.3 Å². The summed E-state index contributed by atoms with van der Waals surface area (Å²) >= 11 is 0. The first-order valence-electron chi connectivity index (χ1n) is 6.30. The molecule has 100 valence electrons. The molecule has 0 spiro atoms. The van der Waals surface area contributed by atoms with Crippen LogP contribution in [0.15, 0.2) is 18.2 Å². The van der Waals surface area contributed by atoms with E-state index >= 15 is 0 Å². The Morgan fingerprint density at radius 1 is 1.44 bits per heavy atom. The van der Waals surface area contributed by atoms with E-state index in [2.05, 4.69) is 19.3 Å². The summed E-state index contributed by atoms with van der Waals surface area (Å²) in [5, 5.41) is 0. The van der Waals surface area contributed by atoms with Crippen molar-refractivity contribution in [2.75, 3.05) is 13.7 Å². The molecule has 0 radical (unpaired) electrons. The summed E-state index contributed by atoms with van der Waals surface area (Å²) in [6.07, 6.45) is 0.851. The number of ether oxygens (including phenoxy) is 2. The standard InChI is InChI=1S/C14H21NO3/c1-5-17-10-6-7-13-11(8-10)12(15-16-4)9-14(2,3)18-13/h6-8,12,15H,5,9H2,1-4H3. The van der Waals surface area contributed by atoms with E-state index in [1.807, 2.05) is 25.1 Å². The summed E-state index contributed by atoms with van der Waals surface area (Å²) in [6.45, 7) is 6.80. The largest absolute Gasteiger partial charge is 0.494 e. The molecule has 0 bridgehead atoms. The molecule has 0 aromatic heterocycles. The predicted octanol–water partition coefficient (Wildman–Crippen LogP) is 2.84. The van der Waals surface area contributed by atoms with Crippen LogP contribution in [-0.2, 0) is 4.84 Å². The zero-order valence-corrected chi connectivity index (χ0v) is 11.4. The molecule has 0 saturated carbocycles. The van der Waals surface area contributed by atoms with Gasteiger partial charge >= 0.3 is 0 Å². The first-order chi connectivity index (χ1) is 8.55. The third-order valence-corrected chi connectivity index (χ3v) is 3.01. The topological polar surface area (TPSA) is 39.7 Å². The zero-order chi connectivity index (χ0) is 13.2. The molecule has 1 aromatic carbocycles. The van der Waals surface area contributed by atoms with Gasteiger partial charge in [-0.15, -0.1) is 0 Å². The molecule has 0 saturated heterocycles. The predicted molar refractivity (Wildman–Crippen MR) is 69.8 cm³/mol. The molecule has 4 nitrogen and oxygen atoms in total. The molecule has 1 atom stereocenters. The molecule has 18 heavy (non-hydrogen) atoms. The van der Waals surface area contributed by atoms with Crippen LogP contribution in [0.25, 0.3) is 0 Å². The van der Waals surface area contributed by atoms with Crippen LogP contribution in [-0.4, -0.2) is 19.3 Å². The summed E-state index contributed by atoms with van der Waals surface area (Å²) in [5.41, 5.74) is 3.92. The molecule has 4 heteroatoms. The fraction of sp³-hybridized carbons (Fsp3) is 0.571. The Bertz CT molecular complexity index is 418. The van der Waals surface area contributed by atoms with Crippen LogP contribution < -0.4 is 15.0 Å². The van der Waals surface area contributed by atoms with E-state index in [4.69, 9.17) is 14.3 Å². The van der Waals surface area contributed by atoms with Crippen LogP contribution in [0.3, 0.4) is 0 Å². The minimum atomic E-state index is -0.198. The highest BCUT2D eigenvalue weighted by Crippen LogP contribution is 2.41. The number of rotatable bonds is 4. The third kappa shape index (κ3) is 2.76. The van der Waals surface area contributed by atoms with E-state index in [1.165, 1.54) is 0 Å². The van der Waals surface area contributed by atoms with Gasteiger partial charge in [0.05, 0.1) is 19.8 Å². The van der Waals surface area contributed by atoms with Gasteiger partial charge in [-0.1, -0.05) is 0 Å². The van der Waals surface area contributed by atoms with Crippen LogP contribution in [0.4, 0.5) is 0 Å². The molecule has 1 aliphatic rings. The Kier molecular flexibility index (Phi) is 3.78. The van der Waals surface area contributed by atoms with Crippen molar-refractivity contribution >= 4 is 0 Å². The van der Waals surface area contributed by atoms with Gasteiger partial charge in [0.15, 0.2) is 0 Å². The Morgan fingerprint density at radius 2 is 2.22 bits per heavy atom. The zero-order valence-electron chi connectivity index (χ0n) is 11.4. The van der Waals surface area contributed by atoms with Crippen LogP contribution >= 0.6 is 0 Å². The van der Waals surface area contributed by atoms with Crippen molar-refractivity contribution in [1.82, 2.24) is 5.48 Å². The molecule has 2 rings (SSSR count). The molecular weight excluding hydrogens is 230 g/mol. The second-order valence-corrected chi connectivity index (χ2v) is 5.07. The summed E-state index contributed by atoms with van der Waals surface area (Å²) in [4.78, 5) is 5.08. The van der Waals surface area contributed by atoms with E-state index in [0.29, 0.717) is 6.61 Å². The number of benzene rings is 1. The van der Waals surface area contributed by atoms with Crippen molar-refractivity contribution < 1.29 is 14.3 Å². The first-order valence-corrected chi connectivity index (χ1v) is 6.30. The molecule has 0 fully saturated rings. The van der Waals surface area contributed by atoms with Gasteiger partial charge in [0.1, 0.15) is 17.1 Å². The lowest BCUT2D eigenvalue weighted by Gasteiger charge is -2.37. The maximum Gasteiger partial charge on any atom is 0.125 e. The third-order valence-electron chi connectivity index (χ3n) is 3.01. The van der Waals surface area contributed by atoms with Gasteiger partial charge in [-0.25, -0.2) is 0 Å². The lowest BCUT2D eigenvalue weighted by atomic mass is 9.90. The van der Waals surface area contributed by atoms with E-state index in [1.54, 1.807) is 7.11 Å². The lowest BCUT2D eigenvalue weighted by Crippen LogP contribution is -2.39. The molecule has 1 heterocycles. The molecule has 1 unspecified atom stereocenters. The average molecular weight is 251 g/mol. The second kappa shape index (κ2) is 5.16. The lowest BCUT2D eigenvalue weighted by molar-refractivity contribution is 0.00284. The van der Waals surface area contributed by atoms with Gasteiger partial charge in [-0.2, -0.15) is 5.48 Å². The molecule has 0 amide bonds. The number of hydroxylamine groups is 1. The van der Waals surface area contributed by atoms with E-state index in [-0.39, 0.29) is 11.6 Å². The van der Waals surface area contributed by atoms with E-state index < -0.39 is 0 Å². The van der Waals surface area contributed by atoms with Gasteiger partial charge in [0.2, 0.25) is 0 Å². The number of fused-ring (bicyclic) bond motifs is 1. The molecule has 1 N–H and O–H groups in total. The SMILES string of the molecule is CCOc1ccc2c(c1)C(NOC)CC(C)(C)O2. The summed E-state index contributed by atoms with van der Waals surface area (Å²) in [7, 11) is 1.63. The first kappa shape index (κ1) is 13.2. The minimum absolute atomic E-state index is 0.120. The van der Waals surface area contributed by atoms with E-state index in [0.717, 1.165) is 23.5 Å². The number of nitrogens with one attached hydrogen (secondary N) is 1. The highest BCUT2D eigenvalue weighted by molar-refractivity contribution is 5.44. The van der Waals surface area contributed by atoms with Crippen molar-refractivity contribution in [2.45, 2.75) is 38.8 Å². The Hall–Kier alpha value is -1.26. The van der Waals surface area contributed by atoms with Crippen molar-refractivity contribution in [3.8, 4) is 11.5 Å². The van der Waals surface area contributed by atoms with Gasteiger partial charge in [0.25, 0.3) is 0 Å². The van der Waals surface area contributed by atoms with Crippen LogP contribution in [0.5, 0.6) is 11.5 Å². The highest BCUT2D eigenvalue weighted by atomic mass is 16.6. The fourth-order valence-corrected chi connectivity index (χ4v) is 2.34. The van der Waals surface area contributed by atoms with Crippen LogP contribution in [0.2, 0.25) is 0 Å². The van der Waals surface area contributed by atoms with Crippen molar-refractivity contribution in [2.24, 2.45) is 0 Å². The smallest absolute Gasteiger partial charge is 0.125 e. The molecular formula is C14H21NO3. The Labute approximate surface area is 108 Å². The van der Waals surface area contributed by atoms with E-state index in [9.17, 15) is 0 Å². The van der Waals surface area contributed by atoms with Crippen LogP contribution in [0, 0.1) is 0 Å². The maximum absolute atomic E-state index is 5.98. The van der Waals surface area contributed by atoms with Gasteiger partial charge in [0, 0.05) is 12.0 Å². The second-order valence-electron chi connectivity index (χ2n) is 5.07. The summed E-state index contributed by atoms with van der Waals surface area (Å²) in [6, 6.07) is 6.04. The number of hydrogen-bond donors (Lipinski definition) is 1. The summed E-state index contributed by atoms with van der Waals surface area (Å²) in [5.74, 6) is 1.76. The monoisotopic (exact) mass is 251 g/mol. The van der Waals surface area contributed by atoms with Crippen molar-refractivity contribution in [1.29, 1.82) is 0 Å². The van der Waals surface area contributed by atoms with Crippen molar-refractivity contribution in [3.05, 3.63) is 23.8 Å². The fourth-order valence-electron chi connectivity index (χ4n) is 2.34. The minimum Gasteiger partial charge on any atom is -0.494 e. The highest BCUT2D eigenvalue weighted by Gasteiger charge is 2.34. The van der Waals surface area contributed by atoms with Gasteiger partial charge in [-0.05, 0) is 39.0 Å². The normalized spacial score (nSPS) is 21.0. The molecule has 1 aliphatic heterocycles. The van der Waals surface area contributed by atoms with Gasteiger partial charge in [-0.3, -0.25) is 0 Å². The molecule has 0 aliphatic carbocycles. The van der Waals surface area contributed by atoms with Crippen LogP contribution in [0.1, 0.15) is 38.8 Å².